The molecule has 26 heavy (non-hydrogen) atoms. The van der Waals surface area contributed by atoms with E-state index in [-0.39, 0.29) is 11.4 Å². The summed E-state index contributed by atoms with van der Waals surface area (Å²) in [4.78, 5) is 22.7. The largest absolute Gasteiger partial charge is 0.416 e. The molecule has 0 saturated carbocycles. The number of nitrogens with zero attached hydrogens (tertiary/aromatic N) is 3. The molecule has 2 heterocycles. The van der Waals surface area contributed by atoms with Gasteiger partial charge in [-0.1, -0.05) is 18.9 Å². The molecule has 1 N–H and O–H groups in total. The minimum Gasteiger partial charge on any atom is -0.355 e. The Morgan fingerprint density at radius 1 is 1.04 bits per heavy atom. The van der Waals surface area contributed by atoms with Crippen LogP contribution in [0, 0.1) is 0 Å². The predicted octanol–water partition coefficient (Wildman–Crippen LogP) is 4.13. The van der Waals surface area contributed by atoms with Gasteiger partial charge in [0.25, 0.3) is 5.91 Å². The average Bonchev–Trinajstić information content (AvgIpc) is 2.91. The molecule has 0 spiro atoms. The summed E-state index contributed by atoms with van der Waals surface area (Å²) < 4.78 is 38.2. The van der Waals surface area contributed by atoms with Crippen molar-refractivity contribution in [2.24, 2.45) is 0 Å². The molecule has 1 aliphatic rings. The summed E-state index contributed by atoms with van der Waals surface area (Å²) in [5.74, 6) is 0.113. The molecule has 3 rings (SSSR count). The topological polar surface area (TPSA) is 58.1 Å². The van der Waals surface area contributed by atoms with Crippen molar-refractivity contribution >= 4 is 17.4 Å². The van der Waals surface area contributed by atoms with Gasteiger partial charge in [0.15, 0.2) is 0 Å². The maximum Gasteiger partial charge on any atom is 0.416 e. The summed E-state index contributed by atoms with van der Waals surface area (Å²) in [6, 6.07) is 4.47. The Labute approximate surface area is 149 Å². The number of halogens is 3. The van der Waals surface area contributed by atoms with Gasteiger partial charge in [-0.3, -0.25) is 4.79 Å². The molecule has 0 atom stereocenters. The quantitative estimate of drug-likeness (QED) is 0.890. The van der Waals surface area contributed by atoms with Gasteiger partial charge in [0, 0.05) is 18.8 Å². The minimum atomic E-state index is -4.46. The highest BCUT2D eigenvalue weighted by Crippen LogP contribution is 2.30. The van der Waals surface area contributed by atoms with Gasteiger partial charge in [-0.25, -0.2) is 9.97 Å². The van der Waals surface area contributed by atoms with Crippen LogP contribution in [0.1, 0.15) is 41.7 Å². The number of anilines is 2. The van der Waals surface area contributed by atoms with Crippen molar-refractivity contribution < 1.29 is 18.0 Å². The Kier molecular flexibility index (Phi) is 5.39. The number of aromatic nitrogens is 2. The number of carbonyl (C=O) groups excluding carboxylic acids is 1. The van der Waals surface area contributed by atoms with Crippen LogP contribution >= 0.6 is 0 Å². The van der Waals surface area contributed by atoms with E-state index >= 15 is 0 Å². The molecule has 1 amide bonds. The monoisotopic (exact) mass is 364 g/mol. The number of nitrogens with one attached hydrogen (secondary N) is 1. The van der Waals surface area contributed by atoms with E-state index < -0.39 is 17.6 Å². The van der Waals surface area contributed by atoms with Crippen LogP contribution in [0.15, 0.2) is 36.7 Å². The van der Waals surface area contributed by atoms with Gasteiger partial charge in [0.2, 0.25) is 0 Å². The van der Waals surface area contributed by atoms with E-state index in [0.29, 0.717) is 5.82 Å². The first-order chi connectivity index (χ1) is 12.4. The lowest BCUT2D eigenvalue weighted by molar-refractivity contribution is -0.137. The van der Waals surface area contributed by atoms with Crippen LogP contribution in [0.4, 0.5) is 24.7 Å². The summed E-state index contributed by atoms with van der Waals surface area (Å²) in [7, 11) is 0. The standard InChI is InChI=1S/C18H19F3N4O/c19-18(20,21)13-6-5-7-14(10-13)24-17(26)15-11-23-16(12-22-15)25-8-3-1-2-4-9-25/h5-7,10-12H,1-4,8-9H2,(H,24,26). The molecular weight excluding hydrogens is 345 g/mol. The average molecular weight is 364 g/mol. The van der Waals surface area contributed by atoms with Crippen molar-refractivity contribution in [3.63, 3.8) is 0 Å². The Morgan fingerprint density at radius 3 is 2.38 bits per heavy atom. The van der Waals surface area contributed by atoms with Crippen molar-refractivity contribution in [3.8, 4) is 0 Å². The van der Waals surface area contributed by atoms with Gasteiger partial charge in [-0.05, 0) is 31.0 Å². The van der Waals surface area contributed by atoms with Crippen LogP contribution in [0.2, 0.25) is 0 Å². The number of amides is 1. The zero-order valence-electron chi connectivity index (χ0n) is 14.1. The third-order valence-corrected chi connectivity index (χ3v) is 4.25. The molecule has 1 aliphatic heterocycles. The first kappa shape index (κ1) is 18.2. The lowest BCUT2D eigenvalue weighted by Crippen LogP contribution is -2.25. The molecule has 0 bridgehead atoms. The van der Waals surface area contributed by atoms with Gasteiger partial charge < -0.3 is 10.2 Å². The van der Waals surface area contributed by atoms with Gasteiger partial charge in [-0.15, -0.1) is 0 Å². The smallest absolute Gasteiger partial charge is 0.355 e. The summed E-state index contributed by atoms with van der Waals surface area (Å²) in [6.07, 6.45) is 3.01. The van der Waals surface area contributed by atoms with Crippen molar-refractivity contribution in [1.29, 1.82) is 0 Å². The number of carbonyl (C=O) groups is 1. The summed E-state index contributed by atoms with van der Waals surface area (Å²) in [5, 5.41) is 2.42. The van der Waals surface area contributed by atoms with E-state index in [1.807, 2.05) is 0 Å². The first-order valence-electron chi connectivity index (χ1n) is 8.49. The van der Waals surface area contributed by atoms with E-state index in [0.717, 1.165) is 38.1 Å². The van der Waals surface area contributed by atoms with Crippen molar-refractivity contribution in [3.05, 3.63) is 47.9 Å². The third-order valence-electron chi connectivity index (χ3n) is 4.25. The highest BCUT2D eigenvalue weighted by Gasteiger charge is 2.30. The molecular formula is C18H19F3N4O. The molecule has 1 aromatic carbocycles. The Morgan fingerprint density at radius 2 is 1.77 bits per heavy atom. The fourth-order valence-electron chi connectivity index (χ4n) is 2.87. The van der Waals surface area contributed by atoms with Gasteiger partial charge in [0.1, 0.15) is 11.5 Å². The van der Waals surface area contributed by atoms with E-state index in [1.165, 1.54) is 37.4 Å². The number of benzene rings is 1. The zero-order chi connectivity index (χ0) is 18.6. The van der Waals surface area contributed by atoms with Gasteiger partial charge in [0.05, 0.1) is 18.0 Å². The summed E-state index contributed by atoms with van der Waals surface area (Å²) >= 11 is 0. The molecule has 2 aromatic rings. The SMILES string of the molecule is O=C(Nc1cccc(C(F)(F)F)c1)c1cnc(N2CCCCCC2)cn1. The van der Waals surface area contributed by atoms with Crippen molar-refractivity contribution in [2.75, 3.05) is 23.3 Å². The number of hydrogen-bond donors (Lipinski definition) is 1. The van der Waals surface area contributed by atoms with Crippen LogP contribution in [-0.4, -0.2) is 29.0 Å². The molecule has 1 fully saturated rings. The van der Waals surface area contributed by atoms with Crippen molar-refractivity contribution in [2.45, 2.75) is 31.9 Å². The van der Waals surface area contributed by atoms with Crippen molar-refractivity contribution in [1.82, 2.24) is 9.97 Å². The fraction of sp³-hybridized carbons (Fsp3) is 0.389. The molecule has 5 nitrogen and oxygen atoms in total. The molecule has 0 unspecified atom stereocenters. The first-order valence-corrected chi connectivity index (χ1v) is 8.49. The normalized spacial score (nSPS) is 15.4. The molecule has 1 saturated heterocycles. The fourth-order valence-corrected chi connectivity index (χ4v) is 2.87. The van der Waals surface area contributed by atoms with E-state index in [4.69, 9.17) is 0 Å². The van der Waals surface area contributed by atoms with Crippen LogP contribution in [0.25, 0.3) is 0 Å². The lowest BCUT2D eigenvalue weighted by Gasteiger charge is -2.20. The van der Waals surface area contributed by atoms with E-state index in [1.54, 1.807) is 0 Å². The summed E-state index contributed by atoms with van der Waals surface area (Å²) in [6.45, 7) is 1.81. The second-order valence-corrected chi connectivity index (χ2v) is 6.19. The van der Waals surface area contributed by atoms with Crippen LogP contribution in [0.5, 0.6) is 0 Å². The highest BCUT2D eigenvalue weighted by atomic mass is 19.4. The predicted molar refractivity (Wildman–Crippen MR) is 92.1 cm³/mol. The van der Waals surface area contributed by atoms with Gasteiger partial charge >= 0.3 is 6.18 Å². The molecule has 1 aromatic heterocycles. The molecule has 0 aliphatic carbocycles. The zero-order valence-corrected chi connectivity index (χ0v) is 14.1. The number of rotatable bonds is 3. The molecule has 8 heteroatoms. The second-order valence-electron chi connectivity index (χ2n) is 6.19. The third kappa shape index (κ3) is 4.50. The molecule has 138 valence electrons. The molecule has 0 radical (unpaired) electrons. The Hall–Kier alpha value is -2.64. The Bertz CT molecular complexity index is 754. The van der Waals surface area contributed by atoms with Crippen LogP contribution < -0.4 is 10.2 Å². The second kappa shape index (κ2) is 7.72. The van der Waals surface area contributed by atoms with E-state index in [2.05, 4.69) is 20.2 Å². The van der Waals surface area contributed by atoms with Gasteiger partial charge in [-0.2, -0.15) is 13.2 Å². The lowest BCUT2D eigenvalue weighted by atomic mass is 10.2. The number of alkyl halides is 3. The maximum absolute atomic E-state index is 12.7. The maximum atomic E-state index is 12.7. The van der Waals surface area contributed by atoms with E-state index in [9.17, 15) is 18.0 Å². The van der Waals surface area contributed by atoms with Crippen LogP contribution in [0.3, 0.4) is 0 Å². The number of hydrogen-bond acceptors (Lipinski definition) is 4. The Balaban J connectivity index is 1.68. The minimum absolute atomic E-state index is 0.0565. The van der Waals surface area contributed by atoms with Crippen LogP contribution in [-0.2, 0) is 6.18 Å². The summed E-state index contributed by atoms with van der Waals surface area (Å²) in [5.41, 5.74) is -0.706. The highest BCUT2D eigenvalue weighted by molar-refractivity contribution is 6.02.